The van der Waals surface area contributed by atoms with E-state index in [1.807, 2.05) is 6.07 Å². The summed E-state index contributed by atoms with van der Waals surface area (Å²) in [5, 5.41) is 9.77. The molecule has 4 rings (SSSR count). The van der Waals surface area contributed by atoms with Crippen molar-refractivity contribution >= 4 is 17.5 Å². The largest absolute Gasteiger partial charge is 0.351 e. The highest BCUT2D eigenvalue weighted by atomic mass is 16.2. The quantitative estimate of drug-likeness (QED) is 0.662. The molecule has 0 bridgehead atoms. The molecule has 6 nitrogen and oxygen atoms in total. The van der Waals surface area contributed by atoms with Crippen molar-refractivity contribution in [1.82, 2.24) is 10.2 Å². The van der Waals surface area contributed by atoms with Crippen LogP contribution < -0.4 is 11.1 Å². The third-order valence-corrected chi connectivity index (χ3v) is 3.81. The lowest BCUT2D eigenvalue weighted by Gasteiger charge is -2.07. The predicted octanol–water partition coefficient (Wildman–Crippen LogP) is 1.99. The van der Waals surface area contributed by atoms with Crippen molar-refractivity contribution in [3.63, 3.8) is 0 Å². The molecule has 2 amide bonds. The minimum Gasteiger partial charge on any atom is -0.351 e. The predicted molar refractivity (Wildman–Crippen MR) is 72.6 cm³/mol. The molecular formula is C14H12N4O2. The second-order valence-electron chi connectivity index (χ2n) is 5.18. The van der Waals surface area contributed by atoms with Crippen molar-refractivity contribution in [1.29, 1.82) is 0 Å². The van der Waals surface area contributed by atoms with Gasteiger partial charge in [-0.1, -0.05) is 12.1 Å². The SMILES string of the molecule is NC(=O)Nc1cccc2c1C(=O)c1c-2n[nH]c1C1CC1. The van der Waals surface area contributed by atoms with Crippen LogP contribution in [0.5, 0.6) is 0 Å². The molecule has 0 unspecified atom stereocenters. The van der Waals surface area contributed by atoms with Crippen LogP contribution in [-0.2, 0) is 0 Å². The van der Waals surface area contributed by atoms with Crippen molar-refractivity contribution < 1.29 is 9.59 Å². The highest BCUT2D eigenvalue weighted by molar-refractivity contribution is 6.25. The van der Waals surface area contributed by atoms with Crippen LogP contribution in [0.4, 0.5) is 10.5 Å². The summed E-state index contributed by atoms with van der Waals surface area (Å²) in [4.78, 5) is 23.7. The minimum atomic E-state index is -0.681. The van der Waals surface area contributed by atoms with Crippen LogP contribution >= 0.6 is 0 Å². The van der Waals surface area contributed by atoms with Crippen LogP contribution in [0.25, 0.3) is 11.3 Å². The van der Waals surface area contributed by atoms with E-state index in [0.29, 0.717) is 28.4 Å². The molecule has 2 aliphatic rings. The average Bonchev–Trinajstić information content (AvgIpc) is 3.08. The number of primary amides is 1. The third-order valence-electron chi connectivity index (χ3n) is 3.81. The van der Waals surface area contributed by atoms with Gasteiger partial charge in [0.25, 0.3) is 0 Å². The molecule has 0 atom stereocenters. The van der Waals surface area contributed by atoms with Crippen molar-refractivity contribution in [2.24, 2.45) is 5.73 Å². The molecule has 1 heterocycles. The van der Waals surface area contributed by atoms with Crippen LogP contribution in [0.15, 0.2) is 18.2 Å². The summed E-state index contributed by atoms with van der Waals surface area (Å²) < 4.78 is 0. The molecule has 0 saturated heterocycles. The number of anilines is 1. The van der Waals surface area contributed by atoms with E-state index in [2.05, 4.69) is 15.5 Å². The number of amides is 2. The minimum absolute atomic E-state index is 0.0880. The molecular weight excluding hydrogens is 256 g/mol. The molecule has 20 heavy (non-hydrogen) atoms. The van der Waals surface area contributed by atoms with Gasteiger partial charge in [0.1, 0.15) is 5.69 Å². The molecule has 2 aliphatic carbocycles. The van der Waals surface area contributed by atoms with Gasteiger partial charge in [-0.05, 0) is 18.9 Å². The van der Waals surface area contributed by atoms with Gasteiger partial charge in [0.15, 0.2) is 5.78 Å². The van der Waals surface area contributed by atoms with E-state index in [4.69, 9.17) is 5.73 Å². The van der Waals surface area contributed by atoms with Crippen LogP contribution in [0.2, 0.25) is 0 Å². The van der Waals surface area contributed by atoms with Gasteiger partial charge in [0.05, 0.1) is 22.5 Å². The van der Waals surface area contributed by atoms with Crippen molar-refractivity contribution in [2.75, 3.05) is 5.32 Å². The first-order valence-electron chi connectivity index (χ1n) is 6.49. The number of aromatic amines is 1. The van der Waals surface area contributed by atoms with E-state index in [1.54, 1.807) is 12.1 Å². The molecule has 0 radical (unpaired) electrons. The fraction of sp³-hybridized carbons (Fsp3) is 0.214. The summed E-state index contributed by atoms with van der Waals surface area (Å²) in [6.45, 7) is 0. The Bertz CT molecular complexity index is 759. The fourth-order valence-electron chi connectivity index (χ4n) is 2.80. The number of benzene rings is 1. The van der Waals surface area contributed by atoms with Gasteiger partial charge in [-0.3, -0.25) is 9.89 Å². The Hall–Kier alpha value is -2.63. The summed E-state index contributed by atoms with van der Waals surface area (Å²) in [6, 6.07) is 4.61. The number of carbonyl (C=O) groups excluding carboxylic acids is 2. The number of aromatic nitrogens is 2. The molecule has 1 fully saturated rings. The van der Waals surface area contributed by atoms with Gasteiger partial charge in [-0.25, -0.2) is 4.79 Å². The van der Waals surface area contributed by atoms with E-state index >= 15 is 0 Å². The number of hydrogen-bond acceptors (Lipinski definition) is 3. The first-order chi connectivity index (χ1) is 9.66. The number of carbonyl (C=O) groups is 2. The number of fused-ring (bicyclic) bond motifs is 3. The Labute approximate surface area is 114 Å². The Balaban J connectivity index is 1.90. The van der Waals surface area contributed by atoms with Crippen LogP contribution in [-0.4, -0.2) is 22.0 Å². The summed E-state index contributed by atoms with van der Waals surface area (Å²) in [5.74, 6) is 0.326. The van der Waals surface area contributed by atoms with Gasteiger partial charge in [0, 0.05) is 11.5 Å². The summed E-state index contributed by atoms with van der Waals surface area (Å²) >= 11 is 0. The summed E-state index contributed by atoms with van der Waals surface area (Å²) in [6.07, 6.45) is 2.18. The van der Waals surface area contributed by atoms with Gasteiger partial charge in [0.2, 0.25) is 0 Å². The van der Waals surface area contributed by atoms with Crippen molar-refractivity contribution in [3.8, 4) is 11.3 Å². The Morgan fingerprint density at radius 2 is 2.15 bits per heavy atom. The normalized spacial score (nSPS) is 15.9. The maximum absolute atomic E-state index is 12.7. The van der Waals surface area contributed by atoms with E-state index in [9.17, 15) is 9.59 Å². The van der Waals surface area contributed by atoms with Gasteiger partial charge in [-0.2, -0.15) is 5.10 Å². The van der Waals surface area contributed by atoms with Crippen molar-refractivity contribution in [2.45, 2.75) is 18.8 Å². The van der Waals surface area contributed by atoms with Gasteiger partial charge < -0.3 is 11.1 Å². The van der Waals surface area contributed by atoms with E-state index in [1.165, 1.54) is 0 Å². The molecule has 4 N–H and O–H groups in total. The lowest BCUT2D eigenvalue weighted by atomic mass is 10.1. The van der Waals surface area contributed by atoms with Crippen molar-refractivity contribution in [3.05, 3.63) is 35.0 Å². The molecule has 1 aromatic carbocycles. The van der Waals surface area contributed by atoms with Crippen LogP contribution in [0, 0.1) is 0 Å². The molecule has 2 aromatic rings. The Morgan fingerprint density at radius 3 is 2.85 bits per heavy atom. The zero-order valence-electron chi connectivity index (χ0n) is 10.6. The number of hydrogen-bond donors (Lipinski definition) is 3. The number of nitrogens with two attached hydrogens (primary N) is 1. The molecule has 1 saturated carbocycles. The molecule has 6 heteroatoms. The lowest BCUT2D eigenvalue weighted by molar-refractivity contribution is 0.104. The molecule has 100 valence electrons. The van der Waals surface area contributed by atoms with E-state index in [-0.39, 0.29) is 5.78 Å². The van der Waals surface area contributed by atoms with Gasteiger partial charge >= 0.3 is 6.03 Å². The number of rotatable bonds is 2. The average molecular weight is 268 g/mol. The maximum Gasteiger partial charge on any atom is 0.316 e. The zero-order chi connectivity index (χ0) is 13.9. The summed E-state index contributed by atoms with van der Waals surface area (Å²) in [5.41, 5.74) is 9.09. The van der Waals surface area contributed by atoms with Gasteiger partial charge in [-0.15, -0.1) is 0 Å². The first kappa shape index (κ1) is 11.2. The number of nitrogens with one attached hydrogen (secondary N) is 2. The second-order valence-corrected chi connectivity index (χ2v) is 5.18. The third kappa shape index (κ3) is 1.41. The zero-order valence-corrected chi connectivity index (χ0v) is 10.6. The second kappa shape index (κ2) is 3.69. The molecule has 0 spiro atoms. The van der Waals surface area contributed by atoms with Crippen LogP contribution in [0.1, 0.15) is 40.4 Å². The highest BCUT2D eigenvalue weighted by Crippen LogP contribution is 2.47. The topological polar surface area (TPSA) is 101 Å². The number of nitrogens with zero attached hydrogens (tertiary/aromatic N) is 1. The first-order valence-corrected chi connectivity index (χ1v) is 6.49. The number of urea groups is 1. The molecule has 1 aromatic heterocycles. The monoisotopic (exact) mass is 268 g/mol. The number of H-pyrrole nitrogens is 1. The van der Waals surface area contributed by atoms with Crippen LogP contribution in [0.3, 0.4) is 0 Å². The number of ketones is 1. The Morgan fingerprint density at radius 1 is 1.35 bits per heavy atom. The fourth-order valence-corrected chi connectivity index (χ4v) is 2.80. The standard InChI is InChI=1S/C14H12N4O2/c15-14(20)16-8-3-1-2-7-9(8)13(19)10-11(6-4-5-6)17-18-12(7)10/h1-3,6H,4-5H2,(H,17,18)(H3,15,16,20). The van der Waals surface area contributed by atoms with E-state index < -0.39 is 6.03 Å². The summed E-state index contributed by atoms with van der Waals surface area (Å²) in [7, 11) is 0. The smallest absolute Gasteiger partial charge is 0.316 e. The van der Waals surface area contributed by atoms with E-state index in [0.717, 1.165) is 24.1 Å². The molecule has 0 aliphatic heterocycles. The maximum atomic E-state index is 12.7. The lowest BCUT2D eigenvalue weighted by Crippen LogP contribution is -2.20. The highest BCUT2D eigenvalue weighted by Gasteiger charge is 2.39. The Kier molecular flexibility index (Phi) is 2.07.